The number of alkyl halides is 3. The predicted octanol–water partition coefficient (Wildman–Crippen LogP) is 4.46. The lowest BCUT2D eigenvalue weighted by Gasteiger charge is -2.37. The number of halogens is 5. The van der Waals surface area contributed by atoms with Gasteiger partial charge in [-0.2, -0.15) is 13.2 Å². The summed E-state index contributed by atoms with van der Waals surface area (Å²) in [6.45, 7) is 2.46. The van der Waals surface area contributed by atoms with Crippen LogP contribution >= 0.6 is 11.6 Å². The van der Waals surface area contributed by atoms with E-state index in [-0.39, 0.29) is 40.4 Å². The Morgan fingerprint density at radius 3 is 2.63 bits per heavy atom. The lowest BCUT2D eigenvalue weighted by Crippen LogP contribution is -2.54. The van der Waals surface area contributed by atoms with Gasteiger partial charge in [-0.3, -0.25) is 14.8 Å². The summed E-state index contributed by atoms with van der Waals surface area (Å²) in [7, 11) is 1.56. The molecule has 1 amide bonds. The van der Waals surface area contributed by atoms with Gasteiger partial charge in [0.1, 0.15) is 23.3 Å². The first-order valence-electron chi connectivity index (χ1n) is 10.6. The SMILES string of the molecule is COC1CN(C(=O)c2cn3c(n2)[C@H](C)N=C(c2ncccc2F)c2c-3ccc(C(F)(F)F)c2Cl)C1. The molecule has 2 aromatic heterocycles. The molecule has 1 atom stereocenters. The molecule has 12 heteroatoms. The van der Waals surface area contributed by atoms with Crippen LogP contribution in [0, 0.1) is 5.82 Å². The molecule has 2 aliphatic heterocycles. The number of methoxy groups -OCH3 is 1. The number of nitrogens with zero attached hydrogens (tertiary/aromatic N) is 5. The van der Waals surface area contributed by atoms with Crippen LogP contribution in [0.4, 0.5) is 17.6 Å². The number of rotatable bonds is 3. The zero-order chi connectivity index (χ0) is 25.1. The Morgan fingerprint density at radius 2 is 1.97 bits per heavy atom. The Hall–Kier alpha value is -3.31. The standard InChI is InChI=1S/C23H18ClF4N5O2/c1-11-21-31-15(22(34)32-8-12(9-32)35-2)10-33(21)16-6-5-13(23(26,27)28)18(24)17(16)20(30-11)19-14(25)4-3-7-29-19/h3-7,10-12H,8-9H2,1-2H3/t11-/m0/s1. The van der Waals surface area contributed by atoms with E-state index >= 15 is 0 Å². The molecule has 0 N–H and O–H groups in total. The van der Waals surface area contributed by atoms with Crippen molar-refractivity contribution in [2.45, 2.75) is 25.2 Å². The van der Waals surface area contributed by atoms with Crippen LogP contribution < -0.4 is 0 Å². The highest BCUT2D eigenvalue weighted by Gasteiger charge is 2.38. The monoisotopic (exact) mass is 507 g/mol. The number of aromatic nitrogens is 3. The van der Waals surface area contributed by atoms with Gasteiger partial charge < -0.3 is 14.2 Å². The first-order valence-corrected chi connectivity index (χ1v) is 11.0. The lowest BCUT2D eigenvalue weighted by molar-refractivity contribution is -0.137. The zero-order valence-electron chi connectivity index (χ0n) is 18.5. The number of fused-ring (bicyclic) bond motifs is 3. The van der Waals surface area contributed by atoms with Gasteiger partial charge in [0.05, 0.1) is 28.1 Å². The van der Waals surface area contributed by atoms with E-state index in [0.717, 1.165) is 12.1 Å². The molecule has 0 radical (unpaired) electrons. The maximum absolute atomic E-state index is 14.7. The van der Waals surface area contributed by atoms with Gasteiger partial charge in [-0.1, -0.05) is 11.6 Å². The Morgan fingerprint density at radius 1 is 1.23 bits per heavy atom. The van der Waals surface area contributed by atoms with Crippen LogP contribution in [0.15, 0.2) is 41.7 Å². The van der Waals surface area contributed by atoms with Crippen LogP contribution in [0.5, 0.6) is 0 Å². The summed E-state index contributed by atoms with van der Waals surface area (Å²) >= 11 is 6.30. The summed E-state index contributed by atoms with van der Waals surface area (Å²) in [6.07, 6.45) is -2.07. The summed E-state index contributed by atoms with van der Waals surface area (Å²) in [6, 6.07) is 3.79. The van der Waals surface area contributed by atoms with Crippen LogP contribution in [-0.2, 0) is 10.9 Å². The minimum absolute atomic E-state index is 0.0564. The van der Waals surface area contributed by atoms with Crippen LogP contribution in [0.25, 0.3) is 5.69 Å². The highest BCUT2D eigenvalue weighted by molar-refractivity contribution is 6.37. The second kappa shape index (κ2) is 8.42. The first kappa shape index (κ1) is 23.4. The Kier molecular flexibility index (Phi) is 5.64. The molecule has 0 unspecified atom stereocenters. The fourth-order valence-corrected chi connectivity index (χ4v) is 4.52. The molecule has 3 aromatic rings. The molecule has 0 spiro atoms. The Balaban J connectivity index is 1.70. The van der Waals surface area contributed by atoms with E-state index in [1.807, 2.05) is 0 Å². The van der Waals surface area contributed by atoms with Crippen molar-refractivity contribution in [2.24, 2.45) is 4.99 Å². The van der Waals surface area contributed by atoms with E-state index in [4.69, 9.17) is 16.3 Å². The minimum Gasteiger partial charge on any atom is -0.378 e. The zero-order valence-corrected chi connectivity index (χ0v) is 19.2. The number of carbonyl (C=O) groups excluding carboxylic acids is 1. The third-order valence-corrected chi connectivity index (χ3v) is 6.41. The fraction of sp³-hybridized carbons (Fsp3) is 0.304. The summed E-state index contributed by atoms with van der Waals surface area (Å²) < 4.78 is 62.5. The Bertz CT molecular complexity index is 1360. The van der Waals surface area contributed by atoms with Crippen LogP contribution in [-0.4, -0.2) is 57.4 Å². The molecule has 0 aliphatic carbocycles. The normalized spacial score (nSPS) is 17.9. The Labute approximate surface area is 202 Å². The molecule has 4 heterocycles. The van der Waals surface area contributed by atoms with E-state index in [1.54, 1.807) is 18.9 Å². The van der Waals surface area contributed by atoms with Crippen molar-refractivity contribution in [1.82, 2.24) is 19.4 Å². The molecule has 7 nitrogen and oxygen atoms in total. The summed E-state index contributed by atoms with van der Waals surface area (Å²) in [4.78, 5) is 27.4. The average molecular weight is 508 g/mol. The van der Waals surface area contributed by atoms with Crippen LogP contribution in [0.3, 0.4) is 0 Å². The van der Waals surface area contributed by atoms with Gasteiger partial charge in [-0.15, -0.1) is 0 Å². The average Bonchev–Trinajstić information content (AvgIpc) is 3.17. The lowest BCUT2D eigenvalue weighted by atomic mass is 10.00. The number of aliphatic imine (C=N–C) groups is 1. The van der Waals surface area contributed by atoms with Crippen molar-refractivity contribution in [3.63, 3.8) is 0 Å². The van der Waals surface area contributed by atoms with Gasteiger partial charge in [0, 0.05) is 38.2 Å². The van der Waals surface area contributed by atoms with Gasteiger partial charge in [-0.25, -0.2) is 9.37 Å². The topological polar surface area (TPSA) is 72.6 Å². The number of benzene rings is 1. The molecule has 35 heavy (non-hydrogen) atoms. The van der Waals surface area contributed by atoms with E-state index < -0.39 is 28.6 Å². The molecule has 182 valence electrons. The van der Waals surface area contributed by atoms with Gasteiger partial charge in [0.15, 0.2) is 5.82 Å². The molecule has 1 saturated heterocycles. The fourth-order valence-electron chi connectivity index (χ4n) is 4.17. The van der Waals surface area contributed by atoms with Crippen LogP contribution in [0.2, 0.25) is 5.02 Å². The first-order chi connectivity index (χ1) is 16.6. The quantitative estimate of drug-likeness (QED) is 0.491. The smallest absolute Gasteiger partial charge is 0.378 e. The van der Waals surface area contributed by atoms with Crippen LogP contribution in [0.1, 0.15) is 46.1 Å². The molecule has 1 fully saturated rings. The number of ether oxygens (including phenoxy) is 1. The molecule has 1 aromatic carbocycles. The number of pyridine rings is 1. The van der Waals surface area contributed by atoms with Crippen molar-refractivity contribution >= 4 is 23.2 Å². The largest absolute Gasteiger partial charge is 0.417 e. The number of amides is 1. The van der Waals surface area contributed by atoms with Gasteiger partial charge in [0.25, 0.3) is 5.91 Å². The highest BCUT2D eigenvalue weighted by Crippen LogP contribution is 2.41. The maximum Gasteiger partial charge on any atom is 0.417 e. The van der Waals surface area contributed by atoms with Crippen molar-refractivity contribution in [3.05, 3.63) is 75.8 Å². The van der Waals surface area contributed by atoms with Crippen molar-refractivity contribution in [3.8, 4) is 5.69 Å². The number of carbonyl (C=O) groups is 1. The number of likely N-dealkylation sites (tertiary alicyclic amines) is 1. The number of hydrogen-bond acceptors (Lipinski definition) is 5. The van der Waals surface area contributed by atoms with Crippen molar-refractivity contribution in [1.29, 1.82) is 0 Å². The van der Waals surface area contributed by atoms with E-state index in [2.05, 4.69) is 15.0 Å². The van der Waals surface area contributed by atoms with Gasteiger partial charge >= 0.3 is 6.18 Å². The minimum atomic E-state index is -4.76. The van der Waals surface area contributed by atoms with Crippen molar-refractivity contribution < 1.29 is 27.1 Å². The van der Waals surface area contributed by atoms with Crippen molar-refractivity contribution in [2.75, 3.05) is 20.2 Å². The predicted molar refractivity (Wildman–Crippen MR) is 119 cm³/mol. The van der Waals surface area contributed by atoms with E-state index in [0.29, 0.717) is 18.9 Å². The van der Waals surface area contributed by atoms with Gasteiger partial charge in [-0.05, 0) is 31.2 Å². The molecule has 0 saturated carbocycles. The third kappa shape index (κ3) is 3.88. The maximum atomic E-state index is 14.7. The number of imidazole rings is 1. The summed E-state index contributed by atoms with van der Waals surface area (Å²) in [5.41, 5.74) is -1.34. The second-order valence-electron chi connectivity index (χ2n) is 8.23. The number of hydrogen-bond donors (Lipinski definition) is 0. The second-order valence-corrected chi connectivity index (χ2v) is 8.61. The third-order valence-electron chi connectivity index (χ3n) is 6.02. The molecular weight excluding hydrogens is 490 g/mol. The summed E-state index contributed by atoms with van der Waals surface area (Å²) in [5.74, 6) is -0.815. The highest BCUT2D eigenvalue weighted by atomic mass is 35.5. The molecule has 5 rings (SSSR count). The molecule has 2 aliphatic rings. The van der Waals surface area contributed by atoms with E-state index in [1.165, 1.54) is 29.1 Å². The van der Waals surface area contributed by atoms with E-state index in [9.17, 15) is 22.4 Å². The summed E-state index contributed by atoms with van der Waals surface area (Å²) in [5, 5.41) is -0.647. The molecular formula is C23H18ClF4N5O2. The molecule has 0 bridgehead atoms. The van der Waals surface area contributed by atoms with Gasteiger partial charge in [0.2, 0.25) is 0 Å².